The zero-order chi connectivity index (χ0) is 21.9. The van der Waals surface area contributed by atoms with E-state index in [0.717, 1.165) is 52.7 Å². The molecule has 2 aromatic rings. The summed E-state index contributed by atoms with van der Waals surface area (Å²) in [6, 6.07) is 11.8. The van der Waals surface area contributed by atoms with E-state index in [2.05, 4.69) is 0 Å². The first kappa shape index (κ1) is 21.9. The number of carbonyl (C=O) groups excluding carboxylic acids is 2. The maximum Gasteiger partial charge on any atom is 0.322 e. The largest absolute Gasteiger partial charge is 0.452 e. The van der Waals surface area contributed by atoms with Crippen LogP contribution in [0.25, 0.3) is 0 Å². The van der Waals surface area contributed by atoms with Crippen molar-refractivity contribution in [3.05, 3.63) is 59.9 Å². The summed E-state index contributed by atoms with van der Waals surface area (Å²) in [7, 11) is -2.78. The van der Waals surface area contributed by atoms with Gasteiger partial charge in [-0.2, -0.15) is 4.31 Å². The molecule has 0 fully saturated rings. The predicted molar refractivity (Wildman–Crippen MR) is 109 cm³/mol. The highest BCUT2D eigenvalue weighted by Gasteiger charge is 2.30. The number of halogens is 1. The molecule has 1 atom stereocenters. The quantitative estimate of drug-likeness (QED) is 0.652. The monoisotopic (exact) mass is 434 g/mol. The molecule has 1 amide bonds. The van der Waals surface area contributed by atoms with E-state index >= 15 is 0 Å². The van der Waals surface area contributed by atoms with Crippen LogP contribution in [0.4, 0.5) is 10.1 Å². The van der Waals surface area contributed by atoms with E-state index in [1.807, 2.05) is 24.3 Å². The summed E-state index contributed by atoms with van der Waals surface area (Å²) < 4.78 is 44.0. The van der Waals surface area contributed by atoms with Crippen molar-refractivity contribution >= 4 is 27.6 Å². The van der Waals surface area contributed by atoms with Gasteiger partial charge >= 0.3 is 5.97 Å². The van der Waals surface area contributed by atoms with Crippen LogP contribution >= 0.6 is 0 Å². The molecule has 0 saturated carbocycles. The van der Waals surface area contributed by atoms with Gasteiger partial charge in [-0.1, -0.05) is 18.2 Å². The van der Waals surface area contributed by atoms with Gasteiger partial charge in [-0.25, -0.2) is 12.8 Å². The minimum absolute atomic E-state index is 0.145. The Labute approximate surface area is 175 Å². The molecule has 2 aromatic carbocycles. The average molecular weight is 434 g/mol. The van der Waals surface area contributed by atoms with E-state index in [1.165, 1.54) is 14.0 Å². The Morgan fingerprint density at radius 2 is 1.83 bits per heavy atom. The van der Waals surface area contributed by atoms with Gasteiger partial charge in [-0.15, -0.1) is 0 Å². The minimum atomic E-state index is -4.00. The number of hydrogen-bond acceptors (Lipinski definition) is 5. The third-order valence-electron chi connectivity index (χ3n) is 4.91. The van der Waals surface area contributed by atoms with Crippen LogP contribution in [0.5, 0.6) is 0 Å². The summed E-state index contributed by atoms with van der Waals surface area (Å²) in [6.45, 7) is 1.41. The molecule has 0 aromatic heterocycles. The molecule has 1 heterocycles. The van der Waals surface area contributed by atoms with Gasteiger partial charge in [0.05, 0.1) is 4.90 Å². The molecular weight excluding hydrogens is 411 g/mol. The third kappa shape index (κ3) is 4.68. The van der Waals surface area contributed by atoms with Gasteiger partial charge < -0.3 is 9.64 Å². The number of fused-ring (bicyclic) bond motifs is 1. The number of esters is 1. The van der Waals surface area contributed by atoms with Gasteiger partial charge in [0.15, 0.2) is 6.10 Å². The molecule has 9 heteroatoms. The fraction of sp³-hybridized carbons (Fsp3) is 0.333. The van der Waals surface area contributed by atoms with Crippen LogP contribution in [0.3, 0.4) is 0 Å². The first-order valence-electron chi connectivity index (χ1n) is 9.51. The highest BCUT2D eigenvalue weighted by atomic mass is 32.2. The number of ether oxygens (including phenoxy) is 1. The van der Waals surface area contributed by atoms with E-state index in [-0.39, 0.29) is 10.8 Å². The smallest absolute Gasteiger partial charge is 0.322 e. The van der Waals surface area contributed by atoms with E-state index in [4.69, 9.17) is 4.74 Å². The second-order valence-corrected chi connectivity index (χ2v) is 9.11. The van der Waals surface area contributed by atoms with Gasteiger partial charge in [0.25, 0.3) is 5.91 Å². The predicted octanol–water partition coefficient (Wildman–Crippen LogP) is 2.36. The van der Waals surface area contributed by atoms with Crippen molar-refractivity contribution in [3.8, 4) is 0 Å². The van der Waals surface area contributed by atoms with Gasteiger partial charge in [-0.3, -0.25) is 9.59 Å². The molecule has 7 nitrogen and oxygen atoms in total. The Morgan fingerprint density at radius 3 is 2.53 bits per heavy atom. The van der Waals surface area contributed by atoms with Gasteiger partial charge in [0.1, 0.15) is 12.4 Å². The molecule has 160 valence electrons. The Bertz CT molecular complexity index is 1040. The molecule has 1 aliphatic heterocycles. The minimum Gasteiger partial charge on any atom is -0.452 e. The Hall–Kier alpha value is -2.78. The van der Waals surface area contributed by atoms with Gasteiger partial charge in [0, 0.05) is 19.3 Å². The average Bonchev–Trinajstić information content (AvgIpc) is 2.72. The third-order valence-corrected chi connectivity index (χ3v) is 6.72. The number of rotatable bonds is 6. The summed E-state index contributed by atoms with van der Waals surface area (Å²) in [5.41, 5.74) is 1.86. The van der Waals surface area contributed by atoms with E-state index in [0.29, 0.717) is 6.54 Å². The Morgan fingerprint density at radius 1 is 1.17 bits per heavy atom. The fourth-order valence-corrected chi connectivity index (χ4v) is 4.44. The molecule has 3 rings (SSSR count). The molecule has 0 N–H and O–H groups in total. The molecule has 0 bridgehead atoms. The Kier molecular flexibility index (Phi) is 6.52. The highest BCUT2D eigenvalue weighted by Crippen LogP contribution is 2.27. The van der Waals surface area contributed by atoms with E-state index < -0.39 is 34.5 Å². The van der Waals surface area contributed by atoms with Gasteiger partial charge in [-0.05, 0) is 55.7 Å². The number of para-hydroxylation sites is 1. The van der Waals surface area contributed by atoms with Crippen molar-refractivity contribution in [2.24, 2.45) is 0 Å². The second-order valence-electron chi connectivity index (χ2n) is 7.07. The molecule has 1 aliphatic rings. The second kappa shape index (κ2) is 8.93. The first-order valence-corrected chi connectivity index (χ1v) is 10.9. The van der Waals surface area contributed by atoms with Crippen molar-refractivity contribution in [1.29, 1.82) is 0 Å². The number of amides is 1. The summed E-state index contributed by atoms with van der Waals surface area (Å²) in [4.78, 5) is 26.5. The lowest BCUT2D eigenvalue weighted by Gasteiger charge is -2.31. The number of carbonyl (C=O) groups is 2. The van der Waals surface area contributed by atoms with Crippen LogP contribution in [-0.4, -0.2) is 50.8 Å². The number of benzene rings is 2. The molecule has 0 radical (unpaired) electrons. The molecule has 30 heavy (non-hydrogen) atoms. The maximum atomic E-state index is 13.0. The lowest BCUT2D eigenvalue weighted by Crippen LogP contribution is -2.44. The molecule has 0 spiro atoms. The molecule has 0 unspecified atom stereocenters. The number of likely N-dealkylation sites (N-methyl/N-ethyl adjacent to an activating group) is 1. The van der Waals surface area contributed by atoms with Crippen LogP contribution in [0.2, 0.25) is 0 Å². The fourth-order valence-electron chi connectivity index (χ4n) is 3.32. The zero-order valence-corrected chi connectivity index (χ0v) is 17.6. The van der Waals surface area contributed by atoms with E-state index in [1.54, 1.807) is 4.90 Å². The van der Waals surface area contributed by atoms with Crippen LogP contribution < -0.4 is 4.90 Å². The lowest BCUT2D eigenvalue weighted by atomic mass is 10.0. The molecule has 0 saturated heterocycles. The molecule has 0 aliphatic carbocycles. The number of hydrogen-bond donors (Lipinski definition) is 0. The highest BCUT2D eigenvalue weighted by molar-refractivity contribution is 7.89. The summed E-state index contributed by atoms with van der Waals surface area (Å²) in [6.07, 6.45) is 0.618. The number of anilines is 1. The standard InChI is InChI=1S/C21H23FN2O5S/c1-15(21(26)24-13-5-7-16-6-3-4-8-19(16)24)29-20(25)14-23(2)30(27,28)18-11-9-17(22)10-12-18/h3-4,6,8-12,15H,5,7,13-14H2,1-2H3/t15-/m0/s1. The summed E-state index contributed by atoms with van der Waals surface area (Å²) in [5.74, 6) is -1.78. The number of nitrogens with zero attached hydrogens (tertiary/aromatic N) is 2. The summed E-state index contributed by atoms with van der Waals surface area (Å²) >= 11 is 0. The maximum absolute atomic E-state index is 13.0. The molecular formula is C21H23FN2O5S. The van der Waals surface area contributed by atoms with Crippen molar-refractivity contribution in [2.75, 3.05) is 25.0 Å². The lowest BCUT2D eigenvalue weighted by molar-refractivity contribution is -0.153. The zero-order valence-electron chi connectivity index (χ0n) is 16.7. The van der Waals surface area contributed by atoms with Crippen LogP contribution in [0.1, 0.15) is 18.9 Å². The van der Waals surface area contributed by atoms with Crippen molar-refractivity contribution < 1.29 is 27.1 Å². The SMILES string of the molecule is C[C@H](OC(=O)CN(C)S(=O)(=O)c1ccc(F)cc1)C(=O)N1CCCc2ccccc21. The Balaban J connectivity index is 1.63. The first-order chi connectivity index (χ1) is 14.2. The van der Waals surface area contributed by atoms with Crippen LogP contribution in [-0.2, 0) is 30.8 Å². The number of sulfonamides is 1. The van der Waals surface area contributed by atoms with Crippen molar-refractivity contribution in [3.63, 3.8) is 0 Å². The normalized spacial score (nSPS) is 14.9. The van der Waals surface area contributed by atoms with Crippen molar-refractivity contribution in [1.82, 2.24) is 4.31 Å². The van der Waals surface area contributed by atoms with Crippen LogP contribution in [0, 0.1) is 5.82 Å². The summed E-state index contributed by atoms with van der Waals surface area (Å²) in [5, 5.41) is 0. The van der Waals surface area contributed by atoms with Crippen molar-refractivity contribution in [2.45, 2.75) is 30.8 Å². The van der Waals surface area contributed by atoms with Crippen LogP contribution in [0.15, 0.2) is 53.4 Å². The number of aryl methyl sites for hydroxylation is 1. The van der Waals surface area contributed by atoms with Gasteiger partial charge in [0.2, 0.25) is 10.0 Å². The van der Waals surface area contributed by atoms with E-state index in [9.17, 15) is 22.4 Å². The topological polar surface area (TPSA) is 84.0 Å².